The van der Waals surface area contributed by atoms with Gasteiger partial charge in [-0.25, -0.2) is 4.39 Å². The van der Waals surface area contributed by atoms with Gasteiger partial charge in [-0.15, -0.1) is 11.8 Å². The molecule has 1 heterocycles. The molecule has 1 aliphatic heterocycles. The molecule has 0 atom stereocenters. The Kier molecular flexibility index (Phi) is 8.04. The Balaban J connectivity index is 1.72. The monoisotopic (exact) mass is 367 g/mol. The van der Waals surface area contributed by atoms with E-state index in [1.54, 1.807) is 19.2 Å². The molecule has 0 aliphatic carbocycles. The van der Waals surface area contributed by atoms with Gasteiger partial charge >= 0.3 is 5.97 Å². The molecule has 0 saturated carbocycles. The van der Waals surface area contributed by atoms with E-state index in [1.807, 2.05) is 13.0 Å². The summed E-state index contributed by atoms with van der Waals surface area (Å²) < 4.78 is 18.7. The fourth-order valence-corrected chi connectivity index (χ4v) is 3.61. The first-order chi connectivity index (χ1) is 12.2. The second-order valence-corrected chi connectivity index (χ2v) is 6.90. The van der Waals surface area contributed by atoms with Gasteiger partial charge in [-0.05, 0) is 31.9 Å². The first kappa shape index (κ1) is 19.6. The Morgan fingerprint density at radius 3 is 2.76 bits per heavy atom. The number of esters is 1. The lowest BCUT2D eigenvalue weighted by atomic mass is 9.97. The van der Waals surface area contributed by atoms with Crippen molar-refractivity contribution in [1.82, 2.24) is 10.2 Å². The van der Waals surface area contributed by atoms with E-state index in [9.17, 15) is 9.18 Å². The highest BCUT2D eigenvalue weighted by Crippen LogP contribution is 2.21. The topological polar surface area (TPSA) is 53.9 Å². The minimum atomic E-state index is -0.182. The van der Waals surface area contributed by atoms with Gasteiger partial charge in [0.1, 0.15) is 5.82 Å². The number of rotatable bonds is 6. The average molecular weight is 367 g/mol. The molecule has 0 unspecified atom stereocenters. The summed E-state index contributed by atoms with van der Waals surface area (Å²) in [5, 5.41) is 3.31. The fraction of sp³-hybridized carbons (Fsp3) is 0.556. The Labute approximate surface area is 153 Å². The van der Waals surface area contributed by atoms with E-state index in [4.69, 9.17) is 4.74 Å². The van der Waals surface area contributed by atoms with Crippen molar-refractivity contribution in [2.24, 2.45) is 10.9 Å². The average Bonchev–Trinajstić information content (AvgIpc) is 2.63. The second-order valence-electron chi connectivity index (χ2n) is 5.77. The van der Waals surface area contributed by atoms with E-state index in [1.165, 1.54) is 17.8 Å². The molecular weight excluding hydrogens is 341 g/mol. The molecule has 0 spiro atoms. The standard InChI is InChI=1S/C18H26FN3O2S/c1-3-24-17(23)14-8-11-22(12-9-14)18(20-2)21-10-13-25-16-7-5-4-6-15(16)19/h4-7,14H,3,8-13H2,1-2H3,(H,20,21). The molecule has 138 valence electrons. The molecule has 7 heteroatoms. The lowest BCUT2D eigenvalue weighted by molar-refractivity contribution is -0.149. The van der Waals surface area contributed by atoms with Gasteiger partial charge < -0.3 is 15.0 Å². The number of ether oxygens (including phenoxy) is 1. The van der Waals surface area contributed by atoms with Gasteiger partial charge in [0.25, 0.3) is 0 Å². The number of hydrogen-bond donors (Lipinski definition) is 1. The number of carbonyl (C=O) groups excluding carboxylic acids is 1. The van der Waals surface area contributed by atoms with Crippen LogP contribution in [0, 0.1) is 11.7 Å². The summed E-state index contributed by atoms with van der Waals surface area (Å²) in [5.41, 5.74) is 0. The zero-order chi connectivity index (χ0) is 18.1. The molecule has 1 aliphatic rings. The van der Waals surface area contributed by atoms with Crippen molar-refractivity contribution < 1.29 is 13.9 Å². The number of hydrogen-bond acceptors (Lipinski definition) is 4. The van der Waals surface area contributed by atoms with Crippen molar-refractivity contribution in [3.05, 3.63) is 30.1 Å². The van der Waals surface area contributed by atoms with Crippen molar-refractivity contribution in [1.29, 1.82) is 0 Å². The van der Waals surface area contributed by atoms with Crippen LogP contribution in [0.4, 0.5) is 4.39 Å². The third-order valence-corrected chi connectivity index (χ3v) is 5.16. The van der Waals surface area contributed by atoms with E-state index in [2.05, 4.69) is 15.2 Å². The smallest absolute Gasteiger partial charge is 0.309 e. The van der Waals surface area contributed by atoms with E-state index in [0.717, 1.165) is 37.6 Å². The van der Waals surface area contributed by atoms with Gasteiger partial charge in [0.15, 0.2) is 5.96 Å². The van der Waals surface area contributed by atoms with Crippen LogP contribution in [0.1, 0.15) is 19.8 Å². The number of nitrogens with zero attached hydrogens (tertiary/aromatic N) is 2. The third-order valence-electron chi connectivity index (χ3n) is 4.11. The lowest BCUT2D eigenvalue weighted by Gasteiger charge is -2.33. The van der Waals surface area contributed by atoms with Crippen LogP contribution >= 0.6 is 11.8 Å². The molecule has 1 saturated heterocycles. The number of guanidine groups is 1. The minimum Gasteiger partial charge on any atom is -0.466 e. The zero-order valence-electron chi connectivity index (χ0n) is 14.8. The number of piperidine rings is 1. The van der Waals surface area contributed by atoms with Crippen molar-refractivity contribution in [2.75, 3.05) is 39.0 Å². The molecule has 0 radical (unpaired) electrons. The quantitative estimate of drug-likeness (QED) is 0.275. The number of carbonyl (C=O) groups is 1. The molecule has 5 nitrogen and oxygen atoms in total. The minimum absolute atomic E-state index is 0.00841. The molecule has 0 bridgehead atoms. The predicted molar refractivity (Wildman–Crippen MR) is 99.4 cm³/mol. The molecule has 25 heavy (non-hydrogen) atoms. The number of thioether (sulfide) groups is 1. The first-order valence-corrected chi connectivity index (χ1v) is 9.63. The summed E-state index contributed by atoms with van der Waals surface area (Å²) in [7, 11) is 1.75. The number of benzene rings is 1. The van der Waals surface area contributed by atoms with Crippen LogP contribution in [-0.4, -0.2) is 55.9 Å². The molecule has 0 amide bonds. The molecule has 0 aromatic heterocycles. The molecule has 1 N–H and O–H groups in total. The van der Waals surface area contributed by atoms with Crippen molar-refractivity contribution >= 4 is 23.7 Å². The van der Waals surface area contributed by atoms with E-state index >= 15 is 0 Å². The predicted octanol–water partition coefficient (Wildman–Crippen LogP) is 2.77. The van der Waals surface area contributed by atoms with Crippen LogP contribution in [0.5, 0.6) is 0 Å². The highest BCUT2D eigenvalue weighted by Gasteiger charge is 2.27. The van der Waals surface area contributed by atoms with Gasteiger partial charge in [0, 0.05) is 37.3 Å². The highest BCUT2D eigenvalue weighted by atomic mass is 32.2. The fourth-order valence-electron chi connectivity index (χ4n) is 2.80. The van der Waals surface area contributed by atoms with E-state index < -0.39 is 0 Å². The zero-order valence-corrected chi connectivity index (χ0v) is 15.7. The van der Waals surface area contributed by atoms with Crippen LogP contribution in [0.25, 0.3) is 0 Å². The maximum Gasteiger partial charge on any atom is 0.309 e. The Morgan fingerprint density at radius 2 is 2.12 bits per heavy atom. The summed E-state index contributed by atoms with van der Waals surface area (Å²) in [5.74, 6) is 1.30. The largest absolute Gasteiger partial charge is 0.466 e. The highest BCUT2D eigenvalue weighted by molar-refractivity contribution is 7.99. The SMILES string of the molecule is CCOC(=O)C1CCN(C(=NC)NCCSc2ccccc2F)CC1. The summed E-state index contributed by atoms with van der Waals surface area (Å²) in [6.45, 7) is 4.52. The Bertz CT molecular complexity index is 589. The van der Waals surface area contributed by atoms with Crippen molar-refractivity contribution in [3.8, 4) is 0 Å². The van der Waals surface area contributed by atoms with Gasteiger partial charge in [0.05, 0.1) is 12.5 Å². The van der Waals surface area contributed by atoms with Crippen molar-refractivity contribution in [3.63, 3.8) is 0 Å². The Morgan fingerprint density at radius 1 is 1.40 bits per heavy atom. The normalized spacial score (nSPS) is 16.0. The van der Waals surface area contributed by atoms with E-state index in [0.29, 0.717) is 18.0 Å². The summed E-state index contributed by atoms with van der Waals surface area (Å²) in [6, 6.07) is 6.79. The van der Waals surface area contributed by atoms with E-state index in [-0.39, 0.29) is 17.7 Å². The number of nitrogens with one attached hydrogen (secondary N) is 1. The van der Waals surface area contributed by atoms with Gasteiger partial charge in [0.2, 0.25) is 0 Å². The third kappa shape index (κ3) is 5.92. The number of aliphatic imine (C=N–C) groups is 1. The molecular formula is C18H26FN3O2S. The summed E-state index contributed by atoms with van der Waals surface area (Å²) in [6.07, 6.45) is 1.56. The summed E-state index contributed by atoms with van der Waals surface area (Å²) in [4.78, 5) is 18.9. The number of halogens is 1. The van der Waals surface area contributed by atoms with Gasteiger partial charge in [-0.2, -0.15) is 0 Å². The molecule has 1 fully saturated rings. The van der Waals surface area contributed by atoms with Crippen molar-refractivity contribution in [2.45, 2.75) is 24.7 Å². The van der Waals surface area contributed by atoms with Gasteiger partial charge in [-0.3, -0.25) is 9.79 Å². The van der Waals surface area contributed by atoms with Crippen LogP contribution in [0.3, 0.4) is 0 Å². The van der Waals surface area contributed by atoms with Crippen LogP contribution < -0.4 is 5.32 Å². The van der Waals surface area contributed by atoms with Crippen LogP contribution in [0.15, 0.2) is 34.2 Å². The lowest BCUT2D eigenvalue weighted by Crippen LogP contribution is -2.47. The number of likely N-dealkylation sites (tertiary alicyclic amines) is 1. The molecule has 2 rings (SSSR count). The van der Waals surface area contributed by atoms with Crippen LogP contribution in [0.2, 0.25) is 0 Å². The summed E-state index contributed by atoms with van der Waals surface area (Å²) >= 11 is 1.48. The molecule has 1 aromatic carbocycles. The maximum atomic E-state index is 13.6. The van der Waals surface area contributed by atoms with Crippen LogP contribution in [-0.2, 0) is 9.53 Å². The molecule has 1 aromatic rings. The first-order valence-electron chi connectivity index (χ1n) is 8.65. The maximum absolute atomic E-state index is 13.6. The Hall–Kier alpha value is -1.76. The second kappa shape index (κ2) is 10.3. The van der Waals surface area contributed by atoms with Gasteiger partial charge in [-0.1, -0.05) is 12.1 Å².